The van der Waals surface area contributed by atoms with Crippen molar-refractivity contribution in [2.75, 3.05) is 10.6 Å². The summed E-state index contributed by atoms with van der Waals surface area (Å²) in [6, 6.07) is 13.2. The summed E-state index contributed by atoms with van der Waals surface area (Å²) in [7, 11) is 0. The van der Waals surface area contributed by atoms with Crippen LogP contribution in [0.2, 0.25) is 0 Å². The van der Waals surface area contributed by atoms with Crippen molar-refractivity contribution >= 4 is 40.6 Å². The van der Waals surface area contributed by atoms with Crippen LogP contribution in [-0.4, -0.2) is 22.1 Å². The number of nitrogens with two attached hydrogens (primary N) is 2. The molecule has 1 unspecified atom stereocenters. The topological polar surface area (TPSA) is 145 Å². The Hall–Kier alpha value is -4.51. The minimum Gasteiger partial charge on any atom is -0.464 e. The second-order valence-electron chi connectivity index (χ2n) is 8.80. The molecular weight excluding hydrogens is 509 g/mol. The van der Waals surface area contributed by atoms with Crippen LogP contribution in [-0.2, 0) is 11.3 Å². The van der Waals surface area contributed by atoms with Crippen molar-refractivity contribution in [1.82, 2.24) is 9.69 Å². The van der Waals surface area contributed by atoms with E-state index in [1.165, 1.54) is 17.0 Å². The second-order valence-corrected chi connectivity index (χ2v) is 9.57. The summed E-state index contributed by atoms with van der Waals surface area (Å²) in [6.45, 7) is 5.47. The molecule has 2 heterocycles. The Bertz CT molecular complexity index is 1510. The van der Waals surface area contributed by atoms with Crippen LogP contribution < -0.4 is 21.7 Å². The third-order valence-electron chi connectivity index (χ3n) is 5.92. The maximum atomic E-state index is 14.1. The Balaban J connectivity index is 1.83. The Morgan fingerprint density at radius 3 is 2.39 bits per heavy atom. The first-order chi connectivity index (χ1) is 18.1. The van der Waals surface area contributed by atoms with E-state index in [-0.39, 0.29) is 28.6 Å². The summed E-state index contributed by atoms with van der Waals surface area (Å²) >= 11 is 0.722. The molecule has 11 heteroatoms. The fourth-order valence-corrected chi connectivity index (χ4v) is 4.69. The number of halogens is 1. The summed E-state index contributed by atoms with van der Waals surface area (Å²) in [5, 5.41) is 2.82. The van der Waals surface area contributed by atoms with Crippen LogP contribution in [0.15, 0.2) is 59.0 Å². The molecule has 2 aromatic heterocycles. The van der Waals surface area contributed by atoms with Crippen molar-refractivity contribution in [3.63, 3.8) is 0 Å². The number of carbonyl (C=O) groups is 3. The van der Waals surface area contributed by atoms with E-state index in [0.29, 0.717) is 22.6 Å². The van der Waals surface area contributed by atoms with Crippen LogP contribution in [0, 0.1) is 26.6 Å². The highest BCUT2D eigenvalue weighted by atomic mass is 32.1. The van der Waals surface area contributed by atoms with Crippen molar-refractivity contribution in [2.45, 2.75) is 33.4 Å². The summed E-state index contributed by atoms with van der Waals surface area (Å²) in [6.07, 6.45) is 0. The highest BCUT2D eigenvalue weighted by Crippen LogP contribution is 2.36. The lowest BCUT2D eigenvalue weighted by Crippen LogP contribution is -2.44. The molecule has 2 aromatic carbocycles. The number of rotatable bonds is 8. The largest absolute Gasteiger partial charge is 0.464 e. The zero-order valence-corrected chi connectivity index (χ0v) is 21.8. The van der Waals surface area contributed by atoms with Gasteiger partial charge in [0.05, 0.1) is 5.69 Å². The lowest BCUT2D eigenvalue weighted by atomic mass is 10.0. The molecule has 5 N–H and O–H groups in total. The monoisotopic (exact) mass is 535 g/mol. The molecule has 0 radical (unpaired) electrons. The summed E-state index contributed by atoms with van der Waals surface area (Å²) in [4.78, 5) is 40.9. The SMILES string of the molecule is Cc1ccc(C)c(N(C(=O)c2snc(C(N)=O)c2N)C(C(=O)NCc2ccc(F)cc2)c2ccc(C)o2)c1. The fourth-order valence-electron chi connectivity index (χ4n) is 3.95. The Morgan fingerprint density at radius 2 is 1.79 bits per heavy atom. The highest BCUT2D eigenvalue weighted by molar-refractivity contribution is 7.09. The van der Waals surface area contributed by atoms with Crippen LogP contribution in [0.5, 0.6) is 0 Å². The Morgan fingerprint density at radius 1 is 1.08 bits per heavy atom. The number of anilines is 2. The third-order valence-corrected chi connectivity index (χ3v) is 6.77. The Kier molecular flexibility index (Phi) is 7.58. The number of aromatic nitrogens is 1. The lowest BCUT2D eigenvalue weighted by molar-refractivity contribution is -0.123. The number of nitrogens with zero attached hydrogens (tertiary/aromatic N) is 2. The lowest BCUT2D eigenvalue weighted by Gasteiger charge is -2.31. The number of amides is 3. The third kappa shape index (κ3) is 5.42. The molecule has 0 bridgehead atoms. The first-order valence-corrected chi connectivity index (χ1v) is 12.4. The average molecular weight is 536 g/mol. The predicted molar refractivity (Wildman–Crippen MR) is 142 cm³/mol. The van der Waals surface area contributed by atoms with Crippen molar-refractivity contribution in [1.29, 1.82) is 0 Å². The number of nitrogen functional groups attached to an aromatic ring is 1. The number of nitrogens with one attached hydrogen (secondary N) is 1. The molecular formula is C27H26FN5O4S. The molecule has 4 rings (SSSR count). The maximum Gasteiger partial charge on any atom is 0.273 e. The minimum absolute atomic E-state index is 0.0423. The number of benzene rings is 2. The van der Waals surface area contributed by atoms with Crippen molar-refractivity contribution < 1.29 is 23.2 Å². The second kappa shape index (κ2) is 10.9. The zero-order valence-electron chi connectivity index (χ0n) is 20.9. The molecule has 0 aliphatic heterocycles. The standard InChI is InChI=1S/C27H26FN5O4S/c1-14-4-5-15(2)19(12-14)33(27(36)24-21(29)22(25(30)34)32-38-24)23(20-11-6-16(3)37-20)26(35)31-13-17-7-9-18(28)10-8-17/h4-12,23H,13,29H2,1-3H3,(H2,30,34)(H,31,35). The molecule has 0 aliphatic rings. The molecule has 4 aromatic rings. The van der Waals surface area contributed by atoms with E-state index in [9.17, 15) is 18.8 Å². The molecule has 0 fully saturated rings. The molecule has 3 amide bonds. The number of hydrogen-bond acceptors (Lipinski definition) is 7. The van der Waals surface area contributed by atoms with E-state index in [1.807, 2.05) is 19.1 Å². The van der Waals surface area contributed by atoms with Gasteiger partial charge in [-0.15, -0.1) is 0 Å². The average Bonchev–Trinajstić information content (AvgIpc) is 3.48. The maximum absolute atomic E-state index is 14.1. The molecule has 0 aliphatic carbocycles. The molecule has 0 saturated carbocycles. The van der Waals surface area contributed by atoms with Crippen LogP contribution in [0.4, 0.5) is 15.8 Å². The van der Waals surface area contributed by atoms with Crippen molar-refractivity contribution in [3.8, 4) is 0 Å². The van der Waals surface area contributed by atoms with E-state index in [4.69, 9.17) is 15.9 Å². The number of carbonyl (C=O) groups excluding carboxylic acids is 3. The van der Waals surface area contributed by atoms with Gasteiger partial charge in [-0.3, -0.25) is 19.3 Å². The zero-order chi connectivity index (χ0) is 27.6. The van der Waals surface area contributed by atoms with Gasteiger partial charge in [-0.1, -0.05) is 24.3 Å². The van der Waals surface area contributed by atoms with E-state index in [1.54, 1.807) is 44.2 Å². The molecule has 1 atom stereocenters. The van der Waals surface area contributed by atoms with Gasteiger partial charge < -0.3 is 21.2 Å². The molecule has 9 nitrogen and oxygen atoms in total. The predicted octanol–water partition coefficient (Wildman–Crippen LogP) is 4.19. The van der Waals surface area contributed by atoms with Gasteiger partial charge in [0.1, 0.15) is 22.2 Å². The van der Waals surface area contributed by atoms with Crippen molar-refractivity contribution in [3.05, 3.63) is 99.2 Å². The van der Waals surface area contributed by atoms with Crippen LogP contribution in [0.3, 0.4) is 0 Å². The first kappa shape index (κ1) is 26.6. The van der Waals surface area contributed by atoms with E-state index < -0.39 is 29.6 Å². The molecule has 0 spiro atoms. The summed E-state index contributed by atoms with van der Waals surface area (Å²) < 4.78 is 23.1. The number of hydrogen-bond donors (Lipinski definition) is 3. The smallest absolute Gasteiger partial charge is 0.273 e. The van der Waals surface area contributed by atoms with Gasteiger partial charge in [0.25, 0.3) is 17.7 Å². The van der Waals surface area contributed by atoms with Gasteiger partial charge in [0.15, 0.2) is 11.7 Å². The van der Waals surface area contributed by atoms with Gasteiger partial charge in [-0.25, -0.2) is 4.39 Å². The quantitative estimate of drug-likeness (QED) is 0.309. The molecule has 0 saturated heterocycles. The minimum atomic E-state index is -1.25. The molecule has 38 heavy (non-hydrogen) atoms. The van der Waals surface area contributed by atoms with Crippen LogP contribution >= 0.6 is 11.5 Å². The van der Waals surface area contributed by atoms with Gasteiger partial charge in [0.2, 0.25) is 0 Å². The van der Waals surface area contributed by atoms with E-state index in [0.717, 1.165) is 17.1 Å². The number of furan rings is 1. The van der Waals surface area contributed by atoms with Gasteiger partial charge >= 0.3 is 0 Å². The van der Waals surface area contributed by atoms with Crippen LogP contribution in [0.1, 0.15) is 54.4 Å². The normalized spacial score (nSPS) is 11.7. The fraction of sp³-hybridized carbons (Fsp3) is 0.185. The number of aryl methyl sites for hydroxylation is 3. The van der Waals surface area contributed by atoms with E-state index >= 15 is 0 Å². The van der Waals surface area contributed by atoms with Gasteiger partial charge in [-0.2, -0.15) is 4.37 Å². The van der Waals surface area contributed by atoms with Crippen molar-refractivity contribution in [2.24, 2.45) is 5.73 Å². The first-order valence-electron chi connectivity index (χ1n) is 11.6. The number of primary amides is 1. The van der Waals surface area contributed by atoms with Crippen LogP contribution in [0.25, 0.3) is 0 Å². The van der Waals surface area contributed by atoms with E-state index in [2.05, 4.69) is 9.69 Å². The highest BCUT2D eigenvalue weighted by Gasteiger charge is 2.38. The summed E-state index contributed by atoms with van der Waals surface area (Å²) in [5.74, 6) is -1.71. The summed E-state index contributed by atoms with van der Waals surface area (Å²) in [5.41, 5.74) is 13.7. The molecule has 196 valence electrons. The van der Waals surface area contributed by atoms with Gasteiger partial charge in [0, 0.05) is 12.2 Å². The van der Waals surface area contributed by atoms with Gasteiger partial charge in [-0.05, 0) is 79.3 Å². The Labute approximate surface area is 222 Å².